The monoisotopic (exact) mass is 679 g/mol. The molecule has 0 radical (unpaired) electrons. The molecular formula is C38H37N3O7S. The van der Waals surface area contributed by atoms with Crippen LogP contribution in [-0.2, 0) is 25.6 Å². The third-order valence-electron chi connectivity index (χ3n) is 7.81. The molecular weight excluding hydrogens is 642 g/mol. The average Bonchev–Trinajstić information content (AvgIpc) is 3.58. The second kappa shape index (κ2) is 16.4. The fraction of sp³-hybridized carbons (Fsp3) is 0.237. The second-order valence-corrected chi connectivity index (χ2v) is 12.3. The molecule has 4 aromatic carbocycles. The SMILES string of the molecule is CCOC(=O)CNC(=O)Nc1cccc(C2OC(CSc3nc(-c4ccccc4)c(-c4ccccc4)o3)CC(c3ccc(CO)cc3)O2)c1. The van der Waals surface area contributed by atoms with Gasteiger partial charge in [0, 0.05) is 34.6 Å². The van der Waals surface area contributed by atoms with Crippen molar-refractivity contribution in [2.24, 2.45) is 0 Å². The highest BCUT2D eigenvalue weighted by atomic mass is 32.2. The topological polar surface area (TPSA) is 132 Å². The first-order valence-corrected chi connectivity index (χ1v) is 17.0. The highest BCUT2D eigenvalue weighted by Crippen LogP contribution is 2.41. The van der Waals surface area contributed by atoms with Crippen molar-refractivity contribution in [2.75, 3.05) is 24.2 Å². The lowest BCUT2D eigenvalue weighted by atomic mass is 10.0. The Morgan fingerprint density at radius 1 is 0.898 bits per heavy atom. The molecule has 1 saturated heterocycles. The minimum atomic E-state index is -0.740. The number of thioether (sulfide) groups is 1. The Labute approximate surface area is 288 Å². The summed E-state index contributed by atoms with van der Waals surface area (Å²) in [7, 11) is 0. The fourth-order valence-corrected chi connectivity index (χ4v) is 6.27. The maximum atomic E-state index is 12.4. The number of benzene rings is 4. The Kier molecular flexibility index (Phi) is 11.4. The summed E-state index contributed by atoms with van der Waals surface area (Å²) in [6, 6.07) is 34.3. The van der Waals surface area contributed by atoms with Gasteiger partial charge in [-0.15, -0.1) is 0 Å². The minimum Gasteiger partial charge on any atom is -0.465 e. The maximum absolute atomic E-state index is 12.4. The van der Waals surface area contributed by atoms with Gasteiger partial charge in [0.15, 0.2) is 12.1 Å². The molecule has 1 aliphatic heterocycles. The number of anilines is 1. The van der Waals surface area contributed by atoms with Crippen molar-refractivity contribution in [1.29, 1.82) is 0 Å². The molecule has 6 rings (SSSR count). The minimum absolute atomic E-state index is 0.0456. The van der Waals surface area contributed by atoms with Crippen molar-refractivity contribution in [3.8, 4) is 22.6 Å². The molecule has 5 aromatic rings. The van der Waals surface area contributed by atoms with Gasteiger partial charge >= 0.3 is 12.0 Å². The van der Waals surface area contributed by atoms with Gasteiger partial charge < -0.3 is 34.4 Å². The first kappa shape index (κ1) is 33.9. The molecule has 3 atom stereocenters. The molecule has 1 aliphatic rings. The number of hydrogen-bond donors (Lipinski definition) is 3. The maximum Gasteiger partial charge on any atom is 0.325 e. The molecule has 11 heteroatoms. The van der Waals surface area contributed by atoms with Gasteiger partial charge in [-0.2, -0.15) is 0 Å². The normalized spacial score (nSPS) is 17.3. The first-order chi connectivity index (χ1) is 24.0. The summed E-state index contributed by atoms with van der Waals surface area (Å²) in [5, 5.41) is 15.3. The summed E-state index contributed by atoms with van der Waals surface area (Å²) < 4.78 is 24.2. The molecule has 0 saturated carbocycles. The van der Waals surface area contributed by atoms with E-state index < -0.39 is 18.3 Å². The van der Waals surface area contributed by atoms with E-state index in [0.29, 0.717) is 34.4 Å². The molecule has 10 nitrogen and oxygen atoms in total. The van der Waals surface area contributed by atoms with Gasteiger partial charge in [0.1, 0.15) is 12.2 Å². The van der Waals surface area contributed by atoms with Crippen LogP contribution in [0.2, 0.25) is 0 Å². The number of urea groups is 1. The fourth-order valence-electron chi connectivity index (χ4n) is 5.43. The van der Waals surface area contributed by atoms with Gasteiger partial charge in [-0.3, -0.25) is 4.79 Å². The number of aliphatic hydroxyl groups is 1. The number of nitrogens with zero attached hydrogens (tertiary/aromatic N) is 1. The summed E-state index contributed by atoms with van der Waals surface area (Å²) in [6.45, 7) is 1.65. The third kappa shape index (κ3) is 8.95. The Morgan fingerprint density at radius 2 is 1.63 bits per heavy atom. The predicted octanol–water partition coefficient (Wildman–Crippen LogP) is 7.52. The lowest BCUT2D eigenvalue weighted by molar-refractivity contribution is -0.245. The van der Waals surface area contributed by atoms with E-state index >= 15 is 0 Å². The number of carbonyl (C=O) groups is 2. The van der Waals surface area contributed by atoms with Gasteiger partial charge in [0.05, 0.1) is 25.4 Å². The van der Waals surface area contributed by atoms with E-state index in [9.17, 15) is 14.7 Å². The van der Waals surface area contributed by atoms with Crippen molar-refractivity contribution in [3.63, 3.8) is 0 Å². The quantitative estimate of drug-likeness (QED) is 0.0905. The molecule has 2 heterocycles. The Balaban J connectivity index is 1.21. The van der Waals surface area contributed by atoms with Crippen LogP contribution >= 0.6 is 11.8 Å². The van der Waals surface area contributed by atoms with Crippen LogP contribution in [-0.4, -0.2) is 47.1 Å². The molecule has 0 aliphatic carbocycles. The smallest absolute Gasteiger partial charge is 0.325 e. The Hall–Kier alpha value is -4.94. The standard InChI is InChI=1S/C38H37N3O7S/c1-2-45-33(43)22-39-37(44)40-30-15-9-14-29(20-30)36-46-31(21-32(47-36)26-18-16-25(23-42)17-19-26)24-49-38-41-34(27-10-5-3-6-11-27)35(48-38)28-12-7-4-8-13-28/h3-20,31-32,36,42H,2,21-24H2,1H3,(H2,39,40,44). The lowest BCUT2D eigenvalue weighted by Gasteiger charge is -2.36. The molecule has 1 aromatic heterocycles. The van der Waals surface area contributed by atoms with Crippen molar-refractivity contribution < 1.29 is 33.3 Å². The van der Waals surface area contributed by atoms with Crippen LogP contribution < -0.4 is 10.6 Å². The number of aliphatic hydroxyl groups excluding tert-OH is 1. The van der Waals surface area contributed by atoms with Crippen LogP contribution in [0.4, 0.5) is 10.5 Å². The van der Waals surface area contributed by atoms with Crippen LogP contribution in [0.5, 0.6) is 0 Å². The molecule has 0 bridgehead atoms. The van der Waals surface area contributed by atoms with E-state index in [1.54, 1.807) is 25.1 Å². The molecule has 3 N–H and O–H groups in total. The van der Waals surface area contributed by atoms with E-state index in [1.807, 2.05) is 91.0 Å². The summed E-state index contributed by atoms with van der Waals surface area (Å²) >= 11 is 1.48. The van der Waals surface area contributed by atoms with E-state index in [2.05, 4.69) is 10.6 Å². The zero-order chi connectivity index (χ0) is 34.0. The zero-order valence-corrected chi connectivity index (χ0v) is 27.7. The molecule has 0 spiro atoms. The molecule has 2 amide bonds. The van der Waals surface area contributed by atoms with Crippen molar-refractivity contribution in [2.45, 2.75) is 43.7 Å². The predicted molar refractivity (Wildman–Crippen MR) is 187 cm³/mol. The number of oxazole rings is 1. The van der Waals surface area contributed by atoms with E-state index in [4.69, 9.17) is 23.6 Å². The van der Waals surface area contributed by atoms with Crippen molar-refractivity contribution in [3.05, 3.63) is 126 Å². The molecule has 3 unspecified atom stereocenters. The number of carbonyl (C=O) groups excluding carboxylic acids is 2. The zero-order valence-electron chi connectivity index (χ0n) is 26.9. The van der Waals surface area contributed by atoms with Gasteiger partial charge in [-0.05, 0) is 30.2 Å². The number of esters is 1. The number of hydrogen-bond acceptors (Lipinski definition) is 9. The first-order valence-electron chi connectivity index (χ1n) is 16.0. The Morgan fingerprint density at radius 3 is 2.35 bits per heavy atom. The summed E-state index contributed by atoms with van der Waals surface area (Å²) in [4.78, 5) is 29.0. The van der Waals surface area contributed by atoms with Gasteiger partial charge in [0.2, 0.25) is 0 Å². The third-order valence-corrected chi connectivity index (χ3v) is 8.77. The van der Waals surface area contributed by atoms with E-state index in [0.717, 1.165) is 27.9 Å². The van der Waals surface area contributed by atoms with Gasteiger partial charge in [-0.1, -0.05) is 109 Å². The van der Waals surface area contributed by atoms with Crippen LogP contribution in [0.25, 0.3) is 22.6 Å². The van der Waals surface area contributed by atoms with Gasteiger partial charge in [0.25, 0.3) is 5.22 Å². The molecule has 49 heavy (non-hydrogen) atoms. The van der Waals surface area contributed by atoms with Crippen molar-refractivity contribution in [1.82, 2.24) is 10.3 Å². The highest BCUT2D eigenvalue weighted by molar-refractivity contribution is 7.99. The molecule has 252 valence electrons. The second-order valence-electron chi connectivity index (χ2n) is 11.3. The number of rotatable bonds is 12. The van der Waals surface area contributed by atoms with Crippen LogP contribution in [0.3, 0.4) is 0 Å². The number of nitrogens with one attached hydrogen (secondary N) is 2. The largest absolute Gasteiger partial charge is 0.465 e. The average molecular weight is 680 g/mol. The van der Waals surface area contributed by atoms with E-state index in [-0.39, 0.29) is 32.0 Å². The van der Waals surface area contributed by atoms with Crippen molar-refractivity contribution >= 4 is 29.4 Å². The molecule has 1 fully saturated rings. The highest BCUT2D eigenvalue weighted by Gasteiger charge is 2.33. The van der Waals surface area contributed by atoms with Crippen LogP contribution in [0.15, 0.2) is 119 Å². The Bertz CT molecular complexity index is 1780. The van der Waals surface area contributed by atoms with Gasteiger partial charge in [-0.25, -0.2) is 9.78 Å². The number of amides is 2. The summed E-state index contributed by atoms with van der Waals surface area (Å²) in [5.41, 5.74) is 5.68. The summed E-state index contributed by atoms with van der Waals surface area (Å²) in [5.74, 6) is 0.731. The van der Waals surface area contributed by atoms with Crippen LogP contribution in [0, 0.1) is 0 Å². The number of aromatic nitrogens is 1. The van der Waals surface area contributed by atoms with Crippen LogP contribution in [0.1, 0.15) is 42.4 Å². The number of ether oxygens (including phenoxy) is 3. The summed E-state index contributed by atoms with van der Waals surface area (Å²) in [6.07, 6.45) is -0.710. The lowest BCUT2D eigenvalue weighted by Crippen LogP contribution is -2.34. The van der Waals surface area contributed by atoms with E-state index in [1.165, 1.54) is 11.8 Å².